The molecule has 94 valence electrons. The lowest BCUT2D eigenvalue weighted by molar-refractivity contribution is 0.137. The minimum absolute atomic E-state index is 0.129. The molecule has 5 heteroatoms. The molecule has 18 heavy (non-hydrogen) atoms. The minimum Gasteiger partial charge on any atom is -0.391 e. The van der Waals surface area contributed by atoms with Gasteiger partial charge in [0.2, 0.25) is 0 Å². The van der Waals surface area contributed by atoms with Crippen LogP contribution in [0.5, 0.6) is 0 Å². The van der Waals surface area contributed by atoms with Crippen LogP contribution >= 0.6 is 0 Å². The lowest BCUT2D eigenvalue weighted by Gasteiger charge is -2.18. The first-order valence-corrected chi connectivity index (χ1v) is 6.25. The van der Waals surface area contributed by atoms with Gasteiger partial charge < -0.3 is 9.67 Å². The predicted octanol–water partition coefficient (Wildman–Crippen LogP) is 1.73. The fourth-order valence-electron chi connectivity index (χ4n) is 2.56. The van der Waals surface area contributed by atoms with Crippen molar-refractivity contribution in [2.45, 2.75) is 38.3 Å². The molecule has 0 saturated heterocycles. The molecule has 2 heterocycles. The van der Waals surface area contributed by atoms with E-state index in [0.29, 0.717) is 0 Å². The highest BCUT2D eigenvalue weighted by Crippen LogP contribution is 2.33. The van der Waals surface area contributed by atoms with E-state index in [2.05, 4.69) is 15.0 Å². The van der Waals surface area contributed by atoms with E-state index in [1.165, 1.54) is 0 Å². The van der Waals surface area contributed by atoms with Crippen LogP contribution in [0.15, 0.2) is 24.8 Å². The molecular formula is C13H16N4O. The van der Waals surface area contributed by atoms with Gasteiger partial charge in [0, 0.05) is 24.8 Å². The quantitative estimate of drug-likeness (QED) is 0.874. The zero-order valence-corrected chi connectivity index (χ0v) is 10.3. The monoisotopic (exact) mass is 244 g/mol. The van der Waals surface area contributed by atoms with Crippen molar-refractivity contribution in [1.29, 1.82) is 0 Å². The van der Waals surface area contributed by atoms with E-state index in [-0.39, 0.29) is 12.1 Å². The summed E-state index contributed by atoms with van der Waals surface area (Å²) in [4.78, 5) is 12.8. The van der Waals surface area contributed by atoms with Crippen LogP contribution in [0.2, 0.25) is 0 Å². The average molecular weight is 244 g/mol. The van der Waals surface area contributed by atoms with Crippen molar-refractivity contribution in [3.63, 3.8) is 0 Å². The van der Waals surface area contributed by atoms with Gasteiger partial charge in [-0.05, 0) is 26.2 Å². The molecule has 0 radical (unpaired) electrons. The van der Waals surface area contributed by atoms with Crippen LogP contribution in [0.1, 0.15) is 31.1 Å². The van der Waals surface area contributed by atoms with E-state index in [0.717, 1.165) is 36.5 Å². The topological polar surface area (TPSA) is 63.8 Å². The molecule has 2 aromatic rings. The van der Waals surface area contributed by atoms with Crippen LogP contribution in [0.3, 0.4) is 0 Å². The summed E-state index contributed by atoms with van der Waals surface area (Å²) in [5.41, 5.74) is 0.893. The van der Waals surface area contributed by atoms with Gasteiger partial charge in [-0.2, -0.15) is 0 Å². The Hall–Kier alpha value is -1.75. The van der Waals surface area contributed by atoms with Gasteiger partial charge in [-0.15, -0.1) is 0 Å². The van der Waals surface area contributed by atoms with E-state index in [1.54, 1.807) is 18.6 Å². The molecule has 0 spiro atoms. The van der Waals surface area contributed by atoms with Crippen molar-refractivity contribution >= 4 is 0 Å². The average Bonchev–Trinajstić information content (AvgIpc) is 2.98. The minimum atomic E-state index is -0.274. The number of aromatic nitrogens is 4. The highest BCUT2D eigenvalue weighted by atomic mass is 16.3. The van der Waals surface area contributed by atoms with Crippen molar-refractivity contribution in [3.8, 4) is 11.4 Å². The van der Waals surface area contributed by atoms with Crippen molar-refractivity contribution < 1.29 is 5.11 Å². The molecule has 1 fully saturated rings. The second-order valence-electron chi connectivity index (χ2n) is 4.74. The molecule has 1 N–H and O–H groups in total. The van der Waals surface area contributed by atoms with Crippen molar-refractivity contribution in [1.82, 2.24) is 19.5 Å². The van der Waals surface area contributed by atoms with Crippen LogP contribution in [0, 0.1) is 6.92 Å². The van der Waals surface area contributed by atoms with Gasteiger partial charge >= 0.3 is 0 Å². The molecule has 0 bridgehead atoms. The van der Waals surface area contributed by atoms with Gasteiger partial charge in [0.05, 0.1) is 17.7 Å². The van der Waals surface area contributed by atoms with Crippen LogP contribution in [-0.4, -0.2) is 30.7 Å². The number of rotatable bonds is 2. The maximum atomic E-state index is 10.00. The molecule has 0 aromatic carbocycles. The number of aliphatic hydroxyl groups excluding tert-OH is 1. The summed E-state index contributed by atoms with van der Waals surface area (Å²) in [6.07, 6.45) is 9.90. The summed E-state index contributed by atoms with van der Waals surface area (Å²) >= 11 is 0. The lowest BCUT2D eigenvalue weighted by Crippen LogP contribution is -2.18. The van der Waals surface area contributed by atoms with Crippen LogP contribution < -0.4 is 0 Å². The third kappa shape index (κ3) is 1.90. The summed E-state index contributed by atoms with van der Waals surface area (Å²) in [7, 11) is 0. The molecule has 0 unspecified atom stereocenters. The summed E-state index contributed by atoms with van der Waals surface area (Å²) in [5, 5.41) is 10.00. The van der Waals surface area contributed by atoms with Crippen LogP contribution in [0.25, 0.3) is 11.4 Å². The Morgan fingerprint density at radius 1 is 1.22 bits per heavy atom. The highest BCUT2D eigenvalue weighted by Gasteiger charge is 2.28. The summed E-state index contributed by atoms with van der Waals surface area (Å²) < 4.78 is 2.05. The molecule has 1 saturated carbocycles. The molecule has 2 atom stereocenters. The molecule has 0 aliphatic heterocycles. The Morgan fingerprint density at radius 2 is 2.00 bits per heavy atom. The molecule has 2 aromatic heterocycles. The Morgan fingerprint density at radius 3 is 2.67 bits per heavy atom. The van der Waals surface area contributed by atoms with Crippen molar-refractivity contribution in [3.05, 3.63) is 30.6 Å². The highest BCUT2D eigenvalue weighted by molar-refractivity contribution is 5.52. The molecule has 3 rings (SSSR count). The molecule has 1 aliphatic carbocycles. The van der Waals surface area contributed by atoms with Crippen LogP contribution in [-0.2, 0) is 0 Å². The van der Waals surface area contributed by atoms with E-state index < -0.39 is 0 Å². The molecule has 5 nitrogen and oxygen atoms in total. The number of hydrogen-bond acceptors (Lipinski definition) is 4. The largest absolute Gasteiger partial charge is 0.391 e. The van der Waals surface area contributed by atoms with E-state index in [9.17, 15) is 5.11 Å². The second-order valence-corrected chi connectivity index (χ2v) is 4.74. The number of imidazole rings is 1. The van der Waals surface area contributed by atoms with E-state index in [1.807, 2.05) is 17.7 Å². The summed E-state index contributed by atoms with van der Waals surface area (Å²) in [6, 6.07) is 0.129. The normalized spacial score (nSPS) is 23.4. The fraction of sp³-hybridized carbons (Fsp3) is 0.462. The number of aryl methyl sites for hydroxylation is 1. The molecule has 0 amide bonds. The maximum absolute atomic E-state index is 10.00. The summed E-state index contributed by atoms with van der Waals surface area (Å²) in [6.45, 7) is 1.86. The first-order chi connectivity index (χ1) is 8.75. The molecular weight excluding hydrogens is 228 g/mol. The van der Waals surface area contributed by atoms with Gasteiger partial charge in [-0.25, -0.2) is 15.0 Å². The van der Waals surface area contributed by atoms with Gasteiger partial charge in [0.15, 0.2) is 0 Å². The van der Waals surface area contributed by atoms with Gasteiger partial charge in [-0.3, -0.25) is 0 Å². The summed E-state index contributed by atoms with van der Waals surface area (Å²) in [5.74, 6) is 1.58. The number of aliphatic hydroxyl groups is 1. The van der Waals surface area contributed by atoms with Gasteiger partial charge in [0.25, 0.3) is 0 Å². The van der Waals surface area contributed by atoms with Crippen molar-refractivity contribution in [2.75, 3.05) is 0 Å². The number of nitrogens with zero attached hydrogens (tertiary/aromatic N) is 4. The SMILES string of the molecule is Cc1ncc(-c2nccn2[C@H]2CCC[C@@H]2O)cn1. The second kappa shape index (κ2) is 4.49. The van der Waals surface area contributed by atoms with Gasteiger partial charge in [-0.1, -0.05) is 0 Å². The lowest BCUT2D eigenvalue weighted by atomic mass is 10.2. The Bertz CT molecular complexity index is 534. The van der Waals surface area contributed by atoms with Crippen LogP contribution in [0.4, 0.5) is 0 Å². The third-order valence-corrected chi connectivity index (χ3v) is 3.51. The Kier molecular flexibility index (Phi) is 2.83. The fourth-order valence-corrected chi connectivity index (χ4v) is 2.56. The molecule has 1 aliphatic rings. The third-order valence-electron chi connectivity index (χ3n) is 3.51. The maximum Gasteiger partial charge on any atom is 0.143 e. The number of hydrogen-bond donors (Lipinski definition) is 1. The van der Waals surface area contributed by atoms with Crippen molar-refractivity contribution in [2.24, 2.45) is 0 Å². The zero-order valence-electron chi connectivity index (χ0n) is 10.3. The van der Waals surface area contributed by atoms with Gasteiger partial charge in [0.1, 0.15) is 11.6 Å². The first-order valence-electron chi connectivity index (χ1n) is 6.25. The predicted molar refractivity (Wildman–Crippen MR) is 66.9 cm³/mol. The Labute approximate surface area is 106 Å². The van der Waals surface area contributed by atoms with E-state index in [4.69, 9.17) is 0 Å². The standard InChI is InChI=1S/C13H16N4O/c1-9-15-7-10(8-16-9)13-14-5-6-17(13)11-3-2-4-12(11)18/h5-8,11-12,18H,2-4H2,1H3/t11-,12-/m0/s1. The Balaban J connectivity index is 1.98. The zero-order chi connectivity index (χ0) is 12.5. The van der Waals surface area contributed by atoms with E-state index >= 15 is 0 Å². The first kappa shape index (κ1) is 11.3. The smallest absolute Gasteiger partial charge is 0.143 e.